The maximum Gasteiger partial charge on any atom is 0.255 e. The first-order valence-corrected chi connectivity index (χ1v) is 12.2. The van der Waals surface area contributed by atoms with Crippen LogP contribution in [0.3, 0.4) is 0 Å². The van der Waals surface area contributed by atoms with Gasteiger partial charge in [-0.15, -0.1) is 0 Å². The second kappa shape index (κ2) is 9.46. The topological polar surface area (TPSA) is 104 Å². The third kappa shape index (κ3) is 6.92. The van der Waals surface area contributed by atoms with Crippen LogP contribution in [-0.4, -0.2) is 26.5 Å². The highest BCUT2D eigenvalue weighted by Gasteiger charge is 2.15. The van der Waals surface area contributed by atoms with Crippen LogP contribution in [0.15, 0.2) is 72.8 Å². The largest absolute Gasteiger partial charge is 0.322 e. The van der Waals surface area contributed by atoms with Crippen LogP contribution in [0.5, 0.6) is 0 Å². The molecule has 3 rings (SSSR count). The molecule has 0 saturated heterocycles. The van der Waals surface area contributed by atoms with E-state index in [0.29, 0.717) is 28.2 Å². The average molecular weight is 466 g/mol. The molecule has 0 radical (unpaired) electrons. The smallest absolute Gasteiger partial charge is 0.255 e. The molecule has 0 aliphatic carbocycles. The van der Waals surface area contributed by atoms with E-state index in [4.69, 9.17) is 0 Å². The van der Waals surface area contributed by atoms with Crippen molar-refractivity contribution in [1.29, 1.82) is 0 Å². The van der Waals surface area contributed by atoms with Gasteiger partial charge in [-0.3, -0.25) is 14.3 Å². The molecule has 0 atom stereocenters. The molecule has 2 amide bonds. The van der Waals surface area contributed by atoms with Crippen LogP contribution in [0.4, 0.5) is 17.1 Å². The molecule has 3 N–H and O–H groups in total. The first-order valence-electron chi connectivity index (χ1n) is 10.3. The molecule has 3 aromatic rings. The molecular formula is C25H27N3O4S. The van der Waals surface area contributed by atoms with Crippen LogP contribution in [-0.2, 0) is 15.4 Å². The fraction of sp³-hybridized carbons (Fsp3) is 0.200. The van der Waals surface area contributed by atoms with Gasteiger partial charge in [0.1, 0.15) is 0 Å². The van der Waals surface area contributed by atoms with Gasteiger partial charge in [0.25, 0.3) is 11.8 Å². The minimum Gasteiger partial charge on any atom is -0.322 e. The van der Waals surface area contributed by atoms with Gasteiger partial charge in [0, 0.05) is 28.2 Å². The van der Waals surface area contributed by atoms with Gasteiger partial charge in [-0.2, -0.15) is 0 Å². The molecule has 33 heavy (non-hydrogen) atoms. The molecule has 3 aromatic carbocycles. The van der Waals surface area contributed by atoms with Gasteiger partial charge in [-0.25, -0.2) is 8.42 Å². The van der Waals surface area contributed by atoms with Crippen molar-refractivity contribution in [3.05, 3.63) is 89.5 Å². The van der Waals surface area contributed by atoms with Crippen molar-refractivity contribution in [2.45, 2.75) is 26.2 Å². The van der Waals surface area contributed by atoms with Gasteiger partial charge < -0.3 is 10.6 Å². The Hall–Kier alpha value is -3.65. The second-order valence-corrected chi connectivity index (χ2v) is 10.5. The fourth-order valence-corrected chi connectivity index (χ4v) is 3.67. The number of carbonyl (C=O) groups is 2. The highest BCUT2D eigenvalue weighted by atomic mass is 32.2. The number of sulfonamides is 1. The Kier molecular flexibility index (Phi) is 6.88. The second-order valence-electron chi connectivity index (χ2n) is 8.77. The van der Waals surface area contributed by atoms with Crippen LogP contribution in [0, 0.1) is 0 Å². The quantitative estimate of drug-likeness (QED) is 0.483. The lowest BCUT2D eigenvalue weighted by molar-refractivity contribution is 0.101. The van der Waals surface area contributed by atoms with E-state index < -0.39 is 10.0 Å². The summed E-state index contributed by atoms with van der Waals surface area (Å²) < 4.78 is 24.9. The minimum absolute atomic E-state index is 0.00603. The normalized spacial score (nSPS) is 11.5. The van der Waals surface area contributed by atoms with Crippen LogP contribution in [0.2, 0.25) is 0 Å². The first-order chi connectivity index (χ1) is 15.4. The summed E-state index contributed by atoms with van der Waals surface area (Å²) in [7, 11) is -3.39. The maximum atomic E-state index is 12.6. The van der Waals surface area contributed by atoms with Gasteiger partial charge in [-0.05, 0) is 65.6 Å². The molecule has 0 saturated carbocycles. The van der Waals surface area contributed by atoms with Crippen molar-refractivity contribution in [1.82, 2.24) is 0 Å². The molecule has 172 valence electrons. The Labute approximate surface area is 194 Å². The molecule has 0 aromatic heterocycles. The molecule has 0 fully saturated rings. The summed E-state index contributed by atoms with van der Waals surface area (Å²) in [6.45, 7) is 6.34. The maximum absolute atomic E-state index is 12.6. The van der Waals surface area contributed by atoms with Crippen LogP contribution in [0.1, 0.15) is 47.1 Å². The molecular weight excluding hydrogens is 438 g/mol. The molecule has 0 aliphatic heterocycles. The predicted molar refractivity (Wildman–Crippen MR) is 132 cm³/mol. The van der Waals surface area contributed by atoms with Gasteiger partial charge in [-0.1, -0.05) is 39.0 Å². The van der Waals surface area contributed by atoms with E-state index in [1.54, 1.807) is 36.4 Å². The summed E-state index contributed by atoms with van der Waals surface area (Å²) in [6, 6.07) is 20.4. The lowest BCUT2D eigenvalue weighted by Gasteiger charge is -2.19. The Morgan fingerprint density at radius 3 is 1.58 bits per heavy atom. The lowest BCUT2D eigenvalue weighted by Crippen LogP contribution is -2.15. The Morgan fingerprint density at radius 2 is 1.15 bits per heavy atom. The summed E-state index contributed by atoms with van der Waals surface area (Å²) in [4.78, 5) is 25.2. The van der Waals surface area contributed by atoms with E-state index in [-0.39, 0.29) is 17.2 Å². The molecule has 0 aliphatic rings. The number of hydrogen-bond donors (Lipinski definition) is 3. The molecule has 0 spiro atoms. The van der Waals surface area contributed by atoms with Crippen molar-refractivity contribution in [3.63, 3.8) is 0 Å². The van der Waals surface area contributed by atoms with Crippen molar-refractivity contribution >= 4 is 38.9 Å². The zero-order valence-corrected chi connectivity index (χ0v) is 19.8. The number of carbonyl (C=O) groups excluding carboxylic acids is 2. The zero-order chi connectivity index (χ0) is 24.2. The van der Waals surface area contributed by atoms with Gasteiger partial charge in [0.2, 0.25) is 10.0 Å². The number of benzene rings is 3. The van der Waals surface area contributed by atoms with E-state index in [0.717, 1.165) is 11.8 Å². The average Bonchev–Trinajstić information content (AvgIpc) is 2.73. The van der Waals surface area contributed by atoms with Crippen molar-refractivity contribution in [2.24, 2.45) is 0 Å². The number of rotatable bonds is 6. The van der Waals surface area contributed by atoms with E-state index in [9.17, 15) is 18.0 Å². The number of nitrogens with one attached hydrogen (secondary N) is 3. The Bertz CT molecular complexity index is 1260. The lowest BCUT2D eigenvalue weighted by atomic mass is 9.87. The Balaban J connectivity index is 1.65. The fourth-order valence-electron chi connectivity index (χ4n) is 3.11. The summed E-state index contributed by atoms with van der Waals surface area (Å²) in [5.41, 5.74) is 3.48. The standard InChI is InChI=1S/C25H27N3O4S/c1-25(2,3)19-12-8-17(9-13-19)23(29)26-21-6-5-7-22(16-21)27-24(30)18-10-14-20(15-11-18)28-33(4,31)32/h5-16,28H,1-4H3,(H,26,29)(H,27,30). The summed E-state index contributed by atoms with van der Waals surface area (Å²) >= 11 is 0. The van der Waals surface area contributed by atoms with Gasteiger partial charge in [0.15, 0.2) is 0 Å². The highest BCUT2D eigenvalue weighted by Crippen LogP contribution is 2.23. The minimum atomic E-state index is -3.39. The van der Waals surface area contributed by atoms with E-state index in [1.807, 2.05) is 12.1 Å². The Morgan fingerprint density at radius 1 is 0.697 bits per heavy atom. The van der Waals surface area contributed by atoms with Gasteiger partial charge in [0.05, 0.1) is 6.26 Å². The monoisotopic (exact) mass is 465 g/mol. The van der Waals surface area contributed by atoms with E-state index in [2.05, 4.69) is 36.1 Å². The number of hydrogen-bond acceptors (Lipinski definition) is 4. The van der Waals surface area contributed by atoms with Crippen molar-refractivity contribution in [2.75, 3.05) is 21.6 Å². The van der Waals surface area contributed by atoms with E-state index >= 15 is 0 Å². The third-order valence-electron chi connectivity index (χ3n) is 4.84. The number of amides is 2. The zero-order valence-electron chi connectivity index (χ0n) is 19.0. The summed E-state index contributed by atoms with van der Waals surface area (Å²) in [5, 5.41) is 5.62. The SMILES string of the molecule is CC(C)(C)c1ccc(C(=O)Nc2cccc(NC(=O)c3ccc(NS(C)(=O)=O)cc3)c2)cc1. The number of anilines is 3. The van der Waals surface area contributed by atoms with Crippen LogP contribution < -0.4 is 15.4 Å². The molecule has 0 heterocycles. The van der Waals surface area contributed by atoms with E-state index in [1.165, 1.54) is 24.3 Å². The summed E-state index contributed by atoms with van der Waals surface area (Å²) in [6.07, 6.45) is 1.06. The molecule has 8 heteroatoms. The first kappa shape index (κ1) is 24.0. The molecule has 0 bridgehead atoms. The predicted octanol–water partition coefficient (Wildman–Crippen LogP) is 4.86. The van der Waals surface area contributed by atoms with Gasteiger partial charge >= 0.3 is 0 Å². The highest BCUT2D eigenvalue weighted by molar-refractivity contribution is 7.92. The molecule has 0 unspecified atom stereocenters. The van der Waals surface area contributed by atoms with Crippen LogP contribution >= 0.6 is 0 Å². The van der Waals surface area contributed by atoms with Crippen LogP contribution in [0.25, 0.3) is 0 Å². The third-order valence-corrected chi connectivity index (χ3v) is 5.45. The van der Waals surface area contributed by atoms with Crippen molar-refractivity contribution in [3.8, 4) is 0 Å². The van der Waals surface area contributed by atoms with Crippen molar-refractivity contribution < 1.29 is 18.0 Å². The molecule has 7 nitrogen and oxygen atoms in total. The summed E-state index contributed by atoms with van der Waals surface area (Å²) in [5.74, 6) is -0.602.